The number of fused-ring (bicyclic) bond motifs is 1. The van der Waals surface area contributed by atoms with Crippen molar-refractivity contribution in [3.05, 3.63) is 18.2 Å². The standard InChI is InChI=1S/C22H30N2O4/c25-17-1-2-19-20(8-17)28-18(13-27-19)12-23-3-4-24-21(26)22-9-14-5-15(10-22)7-16(6-14)11-22/h1-2,8,14-16,18,23,25H,3-7,9-13H2,(H,24,26). The molecule has 3 N–H and O–H groups in total. The van der Waals surface area contributed by atoms with Crippen LogP contribution < -0.4 is 20.1 Å². The highest BCUT2D eigenvalue weighted by Gasteiger charge is 2.54. The normalized spacial score (nSPS) is 35.0. The maximum Gasteiger partial charge on any atom is 0.226 e. The van der Waals surface area contributed by atoms with E-state index in [0.717, 1.165) is 37.0 Å². The molecule has 4 bridgehead atoms. The third kappa shape index (κ3) is 3.43. The molecule has 6 heteroatoms. The topological polar surface area (TPSA) is 79.8 Å². The quantitative estimate of drug-likeness (QED) is 0.655. The Kier molecular flexibility index (Phi) is 4.62. The van der Waals surface area contributed by atoms with Gasteiger partial charge in [0.25, 0.3) is 0 Å². The average Bonchev–Trinajstić information content (AvgIpc) is 2.66. The molecule has 1 unspecified atom stereocenters. The number of hydrogen-bond donors (Lipinski definition) is 3. The van der Waals surface area contributed by atoms with Gasteiger partial charge in [0.15, 0.2) is 11.5 Å². The van der Waals surface area contributed by atoms with Crippen molar-refractivity contribution in [1.29, 1.82) is 0 Å². The summed E-state index contributed by atoms with van der Waals surface area (Å²) in [7, 11) is 0. The van der Waals surface area contributed by atoms with Crippen LogP contribution in [0.25, 0.3) is 0 Å². The lowest BCUT2D eigenvalue weighted by molar-refractivity contribution is -0.146. The number of carbonyl (C=O) groups excluding carboxylic acids is 1. The van der Waals surface area contributed by atoms with E-state index in [1.165, 1.54) is 19.3 Å². The molecule has 28 heavy (non-hydrogen) atoms. The van der Waals surface area contributed by atoms with Gasteiger partial charge in [0.2, 0.25) is 5.91 Å². The van der Waals surface area contributed by atoms with Crippen LogP contribution in [0.2, 0.25) is 0 Å². The van der Waals surface area contributed by atoms with Gasteiger partial charge in [-0.1, -0.05) is 0 Å². The summed E-state index contributed by atoms with van der Waals surface area (Å²) in [5, 5.41) is 16.1. The second kappa shape index (κ2) is 7.14. The van der Waals surface area contributed by atoms with E-state index in [9.17, 15) is 9.90 Å². The van der Waals surface area contributed by atoms with Crippen LogP contribution in [0, 0.1) is 23.2 Å². The van der Waals surface area contributed by atoms with Gasteiger partial charge in [-0.25, -0.2) is 0 Å². The minimum Gasteiger partial charge on any atom is -0.508 e. The molecule has 4 aliphatic carbocycles. The SMILES string of the molecule is O=C(NCCNCC1COc2ccc(O)cc2O1)C12CC3CC(CC(C3)C1)C2. The van der Waals surface area contributed by atoms with E-state index in [1.54, 1.807) is 18.2 Å². The Labute approximate surface area is 166 Å². The average molecular weight is 386 g/mol. The van der Waals surface area contributed by atoms with E-state index in [1.807, 2.05) is 0 Å². The number of benzene rings is 1. The van der Waals surface area contributed by atoms with Gasteiger partial charge < -0.3 is 25.2 Å². The Bertz CT molecular complexity index is 715. The van der Waals surface area contributed by atoms with E-state index in [4.69, 9.17) is 9.47 Å². The Balaban J connectivity index is 1.05. The van der Waals surface area contributed by atoms with Gasteiger partial charge in [0.1, 0.15) is 18.5 Å². The predicted molar refractivity (Wildman–Crippen MR) is 105 cm³/mol. The lowest BCUT2D eigenvalue weighted by atomic mass is 9.49. The van der Waals surface area contributed by atoms with Crippen molar-refractivity contribution >= 4 is 5.91 Å². The molecular weight excluding hydrogens is 356 g/mol. The van der Waals surface area contributed by atoms with E-state index in [0.29, 0.717) is 37.7 Å². The monoisotopic (exact) mass is 386 g/mol. The van der Waals surface area contributed by atoms with Gasteiger partial charge in [0.05, 0.1) is 0 Å². The summed E-state index contributed by atoms with van der Waals surface area (Å²) in [6, 6.07) is 4.88. The molecule has 4 fully saturated rings. The molecule has 4 saturated carbocycles. The first-order valence-corrected chi connectivity index (χ1v) is 10.7. The van der Waals surface area contributed by atoms with Crippen molar-refractivity contribution in [2.75, 3.05) is 26.2 Å². The first kappa shape index (κ1) is 18.1. The molecule has 1 heterocycles. The van der Waals surface area contributed by atoms with Crippen LogP contribution in [0.1, 0.15) is 38.5 Å². The highest BCUT2D eigenvalue weighted by atomic mass is 16.6. The number of aromatic hydroxyl groups is 1. The summed E-state index contributed by atoms with van der Waals surface area (Å²) >= 11 is 0. The molecule has 152 valence electrons. The van der Waals surface area contributed by atoms with E-state index < -0.39 is 0 Å². The van der Waals surface area contributed by atoms with Crippen LogP contribution in [0.3, 0.4) is 0 Å². The van der Waals surface area contributed by atoms with E-state index in [-0.39, 0.29) is 23.2 Å². The molecule has 1 aromatic rings. The molecule has 6 nitrogen and oxygen atoms in total. The maximum atomic E-state index is 12.9. The molecule has 5 aliphatic rings. The largest absolute Gasteiger partial charge is 0.508 e. The van der Waals surface area contributed by atoms with Crippen LogP contribution in [-0.4, -0.2) is 43.4 Å². The molecule has 0 spiro atoms. The summed E-state index contributed by atoms with van der Waals surface area (Å²) in [5.74, 6) is 4.08. The molecule has 0 aromatic heterocycles. The zero-order chi connectivity index (χ0) is 19.1. The van der Waals surface area contributed by atoms with Crippen LogP contribution in [0.4, 0.5) is 0 Å². The van der Waals surface area contributed by atoms with Crippen LogP contribution in [0.15, 0.2) is 18.2 Å². The predicted octanol–water partition coefficient (Wildman–Crippen LogP) is 2.45. The molecule has 1 atom stereocenters. The Morgan fingerprint density at radius 1 is 1.07 bits per heavy atom. The summed E-state index contributed by atoms with van der Waals surface area (Å²) in [4.78, 5) is 12.9. The van der Waals surface area contributed by atoms with Gasteiger partial charge in [-0.2, -0.15) is 0 Å². The fourth-order valence-corrected chi connectivity index (χ4v) is 6.31. The van der Waals surface area contributed by atoms with Crippen molar-refractivity contribution in [2.24, 2.45) is 23.2 Å². The van der Waals surface area contributed by atoms with Crippen LogP contribution in [-0.2, 0) is 4.79 Å². The zero-order valence-electron chi connectivity index (χ0n) is 16.3. The molecule has 6 rings (SSSR count). The molecular formula is C22H30N2O4. The van der Waals surface area contributed by atoms with Gasteiger partial charge in [-0.05, 0) is 68.4 Å². The van der Waals surface area contributed by atoms with Crippen molar-refractivity contribution in [3.63, 3.8) is 0 Å². The molecule has 1 aliphatic heterocycles. The molecule has 0 saturated heterocycles. The van der Waals surface area contributed by atoms with Crippen LogP contribution in [0.5, 0.6) is 17.2 Å². The number of phenols is 1. The molecule has 0 radical (unpaired) electrons. The van der Waals surface area contributed by atoms with Gasteiger partial charge in [-0.15, -0.1) is 0 Å². The Morgan fingerprint density at radius 3 is 2.50 bits per heavy atom. The number of phenolic OH excluding ortho intramolecular Hbond substituents is 1. The van der Waals surface area contributed by atoms with E-state index in [2.05, 4.69) is 10.6 Å². The third-order valence-corrected chi connectivity index (χ3v) is 7.12. The fourth-order valence-electron chi connectivity index (χ4n) is 6.31. The fraction of sp³-hybridized carbons (Fsp3) is 0.682. The number of carbonyl (C=O) groups is 1. The molecule has 1 aromatic carbocycles. The van der Waals surface area contributed by atoms with Gasteiger partial charge in [-0.3, -0.25) is 4.79 Å². The van der Waals surface area contributed by atoms with Crippen LogP contribution >= 0.6 is 0 Å². The summed E-state index contributed by atoms with van der Waals surface area (Å²) in [5.41, 5.74) is -0.0687. The zero-order valence-corrected chi connectivity index (χ0v) is 16.3. The van der Waals surface area contributed by atoms with Crippen molar-refractivity contribution in [2.45, 2.75) is 44.6 Å². The second-order valence-electron chi connectivity index (χ2n) is 9.34. The summed E-state index contributed by atoms with van der Waals surface area (Å²) < 4.78 is 11.5. The summed E-state index contributed by atoms with van der Waals surface area (Å²) in [6.45, 7) is 2.48. The number of amides is 1. The number of rotatable bonds is 6. The lowest BCUT2D eigenvalue weighted by Crippen LogP contribution is -2.54. The number of nitrogens with one attached hydrogen (secondary N) is 2. The van der Waals surface area contributed by atoms with Crippen molar-refractivity contribution < 1.29 is 19.4 Å². The van der Waals surface area contributed by atoms with Gasteiger partial charge in [0, 0.05) is 31.1 Å². The second-order valence-corrected chi connectivity index (χ2v) is 9.34. The minimum atomic E-state index is -0.104. The third-order valence-electron chi connectivity index (χ3n) is 7.12. The van der Waals surface area contributed by atoms with Gasteiger partial charge >= 0.3 is 0 Å². The number of ether oxygens (including phenoxy) is 2. The summed E-state index contributed by atoms with van der Waals surface area (Å²) in [6.07, 6.45) is 7.30. The highest BCUT2D eigenvalue weighted by Crippen LogP contribution is 2.60. The highest BCUT2D eigenvalue weighted by molar-refractivity contribution is 5.83. The molecule has 1 amide bonds. The van der Waals surface area contributed by atoms with Crippen molar-refractivity contribution in [3.8, 4) is 17.2 Å². The van der Waals surface area contributed by atoms with E-state index >= 15 is 0 Å². The lowest BCUT2D eigenvalue weighted by Gasteiger charge is -2.55. The number of hydrogen-bond acceptors (Lipinski definition) is 5. The first-order chi connectivity index (χ1) is 13.6. The Hall–Kier alpha value is -1.95. The minimum absolute atomic E-state index is 0.0687. The smallest absolute Gasteiger partial charge is 0.226 e. The maximum absolute atomic E-state index is 12.9. The Morgan fingerprint density at radius 2 is 1.79 bits per heavy atom. The first-order valence-electron chi connectivity index (χ1n) is 10.7. The van der Waals surface area contributed by atoms with Crippen molar-refractivity contribution in [1.82, 2.24) is 10.6 Å².